The summed E-state index contributed by atoms with van der Waals surface area (Å²) in [6.45, 7) is -0.286. The molecule has 0 bridgehead atoms. The highest BCUT2D eigenvalue weighted by Gasteiger charge is 2.19. The maximum absolute atomic E-state index is 12.0. The van der Waals surface area contributed by atoms with Crippen LogP contribution in [0.5, 0.6) is 0 Å². The molecule has 2 rings (SSSR count). The molecule has 0 aliphatic carbocycles. The highest BCUT2D eigenvalue weighted by molar-refractivity contribution is 7.85. The molecule has 0 radical (unpaired) electrons. The van der Waals surface area contributed by atoms with Crippen LogP contribution in [-0.2, 0) is 14.9 Å². The molecule has 0 aromatic heterocycles. The summed E-state index contributed by atoms with van der Waals surface area (Å²) in [4.78, 5) is 23.3. The molecule has 0 aliphatic heterocycles. The van der Waals surface area contributed by atoms with E-state index in [4.69, 9.17) is 4.74 Å². The van der Waals surface area contributed by atoms with Crippen LogP contribution < -0.4 is 0 Å². The Morgan fingerprint density at radius 3 is 2.17 bits per heavy atom. The summed E-state index contributed by atoms with van der Waals surface area (Å²) >= 11 is 0. The van der Waals surface area contributed by atoms with Crippen LogP contribution in [0, 0.1) is 0 Å². The lowest BCUT2D eigenvalue weighted by atomic mass is 10.0. The van der Waals surface area contributed by atoms with Gasteiger partial charge in [-0.3, -0.25) is 0 Å². The third-order valence-electron chi connectivity index (χ3n) is 3.11. The Kier molecular flexibility index (Phi) is 4.97. The van der Waals surface area contributed by atoms with Crippen molar-refractivity contribution in [1.82, 2.24) is 0 Å². The minimum absolute atomic E-state index is 0.124. The molecule has 0 spiro atoms. The Morgan fingerprint density at radius 2 is 1.65 bits per heavy atom. The largest absolute Gasteiger partial charge is 0.748 e. The Labute approximate surface area is 132 Å². The van der Waals surface area contributed by atoms with E-state index in [0.29, 0.717) is 10.8 Å². The average Bonchev–Trinajstić information content (AvgIpc) is 2.49. The highest BCUT2D eigenvalue weighted by Crippen LogP contribution is 2.21. The fourth-order valence-electron chi connectivity index (χ4n) is 2.06. The van der Waals surface area contributed by atoms with E-state index in [9.17, 15) is 27.7 Å². The molecule has 8 heteroatoms. The third-order valence-corrected chi connectivity index (χ3v) is 3.90. The Balaban J connectivity index is 2.21. The van der Waals surface area contributed by atoms with Gasteiger partial charge in [-0.25, -0.2) is 18.0 Å². The molecule has 122 valence electrons. The SMILES string of the molecule is O=C(O)c1cc2ccccc2cc1C(=O)OCCCS(=O)(=O)[O-]. The monoisotopic (exact) mass is 337 g/mol. The van der Waals surface area contributed by atoms with Crippen LogP contribution >= 0.6 is 0 Å². The molecular formula is C15H13O7S-. The third kappa shape index (κ3) is 4.51. The van der Waals surface area contributed by atoms with Crippen molar-refractivity contribution in [2.75, 3.05) is 12.4 Å². The summed E-state index contributed by atoms with van der Waals surface area (Å²) in [6, 6.07) is 9.71. The van der Waals surface area contributed by atoms with Crippen molar-refractivity contribution in [3.63, 3.8) is 0 Å². The molecule has 0 amide bonds. The van der Waals surface area contributed by atoms with Crippen molar-refractivity contribution < 1.29 is 32.4 Å². The van der Waals surface area contributed by atoms with Crippen molar-refractivity contribution >= 4 is 32.8 Å². The topological polar surface area (TPSA) is 121 Å². The second kappa shape index (κ2) is 6.76. The predicted octanol–water partition coefficient (Wildman–Crippen LogP) is 1.63. The number of esters is 1. The van der Waals surface area contributed by atoms with Crippen LogP contribution in [0.15, 0.2) is 36.4 Å². The number of benzene rings is 2. The van der Waals surface area contributed by atoms with E-state index < -0.39 is 27.8 Å². The van der Waals surface area contributed by atoms with Crippen molar-refractivity contribution in [1.29, 1.82) is 0 Å². The van der Waals surface area contributed by atoms with E-state index in [1.165, 1.54) is 12.1 Å². The highest BCUT2D eigenvalue weighted by atomic mass is 32.2. The van der Waals surface area contributed by atoms with Gasteiger partial charge in [0.1, 0.15) is 0 Å². The fourth-order valence-corrected chi connectivity index (χ4v) is 2.54. The summed E-state index contributed by atoms with van der Waals surface area (Å²) in [5.41, 5.74) is -0.327. The maximum atomic E-state index is 12.0. The second-order valence-corrected chi connectivity index (χ2v) is 6.32. The molecule has 0 heterocycles. The van der Waals surface area contributed by atoms with Crippen LogP contribution in [0.2, 0.25) is 0 Å². The van der Waals surface area contributed by atoms with Gasteiger partial charge in [0.2, 0.25) is 0 Å². The first-order valence-corrected chi connectivity index (χ1v) is 8.22. The summed E-state index contributed by atoms with van der Waals surface area (Å²) in [6.07, 6.45) is -0.145. The van der Waals surface area contributed by atoms with Crippen LogP contribution in [0.1, 0.15) is 27.1 Å². The molecule has 1 N–H and O–H groups in total. The number of hydrogen-bond donors (Lipinski definition) is 1. The second-order valence-electron chi connectivity index (χ2n) is 4.80. The molecular weight excluding hydrogens is 324 g/mol. The van der Waals surface area contributed by atoms with E-state index in [0.717, 1.165) is 0 Å². The van der Waals surface area contributed by atoms with E-state index in [1.54, 1.807) is 24.3 Å². The molecule has 2 aromatic rings. The summed E-state index contributed by atoms with van der Waals surface area (Å²) in [5, 5.41) is 10.6. The van der Waals surface area contributed by atoms with Gasteiger partial charge < -0.3 is 14.4 Å². The molecule has 0 saturated carbocycles. The first kappa shape index (κ1) is 16.9. The lowest BCUT2D eigenvalue weighted by molar-refractivity contribution is 0.0495. The normalized spacial score (nSPS) is 11.3. The summed E-state index contributed by atoms with van der Waals surface area (Å²) in [5.74, 6) is -2.80. The van der Waals surface area contributed by atoms with Crippen molar-refractivity contribution in [2.45, 2.75) is 6.42 Å². The van der Waals surface area contributed by atoms with E-state index in [1.807, 2.05) is 0 Å². The smallest absolute Gasteiger partial charge is 0.339 e. The first-order valence-electron chi connectivity index (χ1n) is 6.65. The molecule has 23 heavy (non-hydrogen) atoms. The number of rotatable bonds is 6. The predicted molar refractivity (Wildman–Crippen MR) is 80.4 cm³/mol. The van der Waals surface area contributed by atoms with Crippen molar-refractivity contribution in [3.05, 3.63) is 47.5 Å². The average molecular weight is 337 g/mol. The number of carbonyl (C=O) groups is 2. The molecule has 2 aromatic carbocycles. The van der Waals surface area contributed by atoms with Gasteiger partial charge in [-0.1, -0.05) is 24.3 Å². The van der Waals surface area contributed by atoms with Crippen molar-refractivity contribution in [3.8, 4) is 0 Å². The molecule has 7 nitrogen and oxygen atoms in total. The number of carbonyl (C=O) groups excluding carboxylic acids is 1. The quantitative estimate of drug-likeness (QED) is 0.483. The van der Waals surface area contributed by atoms with Gasteiger partial charge in [0.15, 0.2) is 0 Å². The van der Waals surface area contributed by atoms with Gasteiger partial charge >= 0.3 is 11.9 Å². The minimum atomic E-state index is -4.37. The molecule has 0 unspecified atom stereocenters. The number of carboxylic acid groups (broad SMARTS) is 1. The molecule has 0 aliphatic rings. The number of carboxylic acids is 1. The van der Waals surface area contributed by atoms with Gasteiger partial charge in [-0.15, -0.1) is 0 Å². The lowest BCUT2D eigenvalue weighted by Gasteiger charge is -2.10. The van der Waals surface area contributed by atoms with Gasteiger partial charge in [0.05, 0.1) is 27.9 Å². The number of fused-ring (bicyclic) bond motifs is 1. The molecule has 0 atom stereocenters. The van der Waals surface area contributed by atoms with Crippen LogP contribution in [0.3, 0.4) is 0 Å². The summed E-state index contributed by atoms with van der Waals surface area (Å²) < 4.78 is 36.2. The van der Waals surface area contributed by atoms with Gasteiger partial charge in [0, 0.05) is 5.75 Å². The standard InChI is InChI=1S/C15H14O7S/c16-14(17)12-8-10-4-1-2-5-11(10)9-13(12)15(18)22-6-3-7-23(19,20)21/h1-2,4-5,8-9H,3,6-7H2,(H,16,17)(H,19,20,21)/p-1. The van der Waals surface area contributed by atoms with Crippen LogP contribution in [0.25, 0.3) is 10.8 Å². The van der Waals surface area contributed by atoms with E-state index in [-0.39, 0.29) is 24.2 Å². The van der Waals surface area contributed by atoms with Gasteiger partial charge in [0.25, 0.3) is 0 Å². The maximum Gasteiger partial charge on any atom is 0.339 e. The Hall–Kier alpha value is -2.45. The van der Waals surface area contributed by atoms with Crippen LogP contribution in [0.4, 0.5) is 0 Å². The fraction of sp³-hybridized carbons (Fsp3) is 0.200. The van der Waals surface area contributed by atoms with Crippen LogP contribution in [-0.4, -0.2) is 42.4 Å². The molecule has 0 fully saturated rings. The van der Waals surface area contributed by atoms with E-state index in [2.05, 4.69) is 0 Å². The zero-order valence-corrected chi connectivity index (χ0v) is 12.7. The first-order chi connectivity index (χ1) is 10.8. The number of hydrogen-bond acceptors (Lipinski definition) is 6. The van der Waals surface area contributed by atoms with Gasteiger partial charge in [-0.05, 0) is 29.3 Å². The minimum Gasteiger partial charge on any atom is -0.748 e. The van der Waals surface area contributed by atoms with Crippen molar-refractivity contribution in [2.24, 2.45) is 0 Å². The Morgan fingerprint density at radius 1 is 1.09 bits per heavy atom. The zero-order valence-electron chi connectivity index (χ0n) is 11.9. The summed E-state index contributed by atoms with van der Waals surface area (Å²) in [7, 11) is -4.37. The zero-order chi connectivity index (χ0) is 17.0. The lowest BCUT2D eigenvalue weighted by Crippen LogP contribution is -2.14. The number of aromatic carboxylic acids is 1. The van der Waals surface area contributed by atoms with Gasteiger partial charge in [-0.2, -0.15) is 0 Å². The number of ether oxygens (including phenoxy) is 1. The molecule has 0 saturated heterocycles. The Bertz CT molecular complexity index is 855. The van der Waals surface area contributed by atoms with E-state index >= 15 is 0 Å².